The first-order chi connectivity index (χ1) is 7.88. The van der Waals surface area contributed by atoms with Crippen LogP contribution < -0.4 is 0 Å². The predicted octanol–water partition coefficient (Wildman–Crippen LogP) is 4.31. The lowest BCUT2D eigenvalue weighted by atomic mass is 9.90. The molecule has 2 nitrogen and oxygen atoms in total. The topological polar surface area (TPSA) is 26.3 Å². The van der Waals surface area contributed by atoms with E-state index in [1.165, 1.54) is 18.4 Å². The molecule has 0 amide bonds. The molecule has 1 aromatic carbocycles. The van der Waals surface area contributed by atoms with Gasteiger partial charge in [-0.3, -0.25) is 0 Å². The van der Waals surface area contributed by atoms with Crippen LogP contribution in [-0.2, 0) is 9.09 Å². The fraction of sp³-hybridized carbons (Fsp3) is 0.538. The molecule has 1 rings (SSSR count). The van der Waals surface area contributed by atoms with Crippen LogP contribution in [0.2, 0.25) is 0 Å². The molecule has 2 unspecified atom stereocenters. The van der Waals surface area contributed by atoms with Gasteiger partial charge in [0.2, 0.25) is 0 Å². The van der Waals surface area contributed by atoms with Gasteiger partial charge in [0.1, 0.15) is 6.61 Å². The van der Waals surface area contributed by atoms with Crippen LogP contribution in [0.15, 0.2) is 30.3 Å². The molecule has 0 N–H and O–H groups in total. The fourth-order valence-corrected chi connectivity index (χ4v) is 2.22. The van der Waals surface area contributed by atoms with E-state index in [4.69, 9.17) is 4.52 Å². The highest BCUT2D eigenvalue weighted by atomic mass is 31.1. The van der Waals surface area contributed by atoms with Crippen molar-refractivity contribution in [1.82, 2.24) is 0 Å². The molecular weight excluding hydrogens is 219 g/mol. The van der Waals surface area contributed by atoms with Gasteiger partial charge in [0.25, 0.3) is 0 Å². The van der Waals surface area contributed by atoms with Crippen LogP contribution in [0.5, 0.6) is 0 Å². The molecule has 0 aliphatic carbocycles. The maximum absolute atomic E-state index is 10.2. The van der Waals surface area contributed by atoms with Crippen LogP contribution in [0.3, 0.4) is 0 Å². The van der Waals surface area contributed by atoms with Gasteiger partial charge in [0.05, 0.1) is 0 Å². The third-order valence-corrected chi connectivity index (χ3v) is 3.09. The Morgan fingerprint density at radius 3 is 2.62 bits per heavy atom. The molecule has 0 aliphatic heterocycles. The SMILES string of the molecule is CCCC(CCCO[PH+]=O)c1ccccc1. The lowest BCUT2D eigenvalue weighted by molar-refractivity contribution is 0.322. The average Bonchev–Trinajstić information content (AvgIpc) is 2.34. The molecule has 0 heterocycles. The van der Waals surface area contributed by atoms with Gasteiger partial charge in [-0.15, -0.1) is 4.52 Å². The third-order valence-electron chi connectivity index (χ3n) is 2.77. The molecule has 0 saturated heterocycles. The second kappa shape index (κ2) is 8.43. The molecule has 0 aliphatic rings. The standard InChI is InChI=1S/C13H20O2P/c1-2-7-12(10-6-11-15-16-14)13-8-4-3-5-9-13/h3-5,8-9,12,16H,2,6-7,10-11H2,1H3/q+1. The van der Waals surface area contributed by atoms with E-state index in [1.807, 2.05) is 6.07 Å². The van der Waals surface area contributed by atoms with E-state index in [9.17, 15) is 4.57 Å². The van der Waals surface area contributed by atoms with Crippen molar-refractivity contribution in [3.63, 3.8) is 0 Å². The number of benzene rings is 1. The quantitative estimate of drug-likeness (QED) is 0.499. The first-order valence-corrected chi connectivity index (χ1v) is 6.74. The minimum Gasteiger partial charge on any atom is -0.148 e. The molecular formula is C13H20O2P+. The van der Waals surface area contributed by atoms with E-state index in [0.29, 0.717) is 12.5 Å². The normalized spacial score (nSPS) is 12.8. The highest BCUT2D eigenvalue weighted by Crippen LogP contribution is 2.26. The molecule has 16 heavy (non-hydrogen) atoms. The van der Waals surface area contributed by atoms with E-state index in [0.717, 1.165) is 12.8 Å². The highest BCUT2D eigenvalue weighted by Gasteiger charge is 2.10. The zero-order chi connectivity index (χ0) is 11.6. The summed E-state index contributed by atoms with van der Waals surface area (Å²) >= 11 is 0. The summed E-state index contributed by atoms with van der Waals surface area (Å²) in [5, 5.41) is 0. The summed E-state index contributed by atoms with van der Waals surface area (Å²) in [5.41, 5.74) is 1.41. The Bertz CT molecular complexity index is 287. The van der Waals surface area contributed by atoms with Crippen LogP contribution in [0.1, 0.15) is 44.1 Å². The Hall–Kier alpha value is -0.720. The first kappa shape index (κ1) is 13.3. The Labute approximate surface area is 99.3 Å². The Morgan fingerprint density at radius 1 is 1.25 bits per heavy atom. The summed E-state index contributed by atoms with van der Waals surface area (Å²) in [6.07, 6.45) is 4.50. The molecule has 0 spiro atoms. The van der Waals surface area contributed by atoms with Gasteiger partial charge in [-0.1, -0.05) is 43.7 Å². The molecule has 0 bridgehead atoms. The van der Waals surface area contributed by atoms with Gasteiger partial charge in [-0.2, -0.15) is 0 Å². The number of rotatable bonds is 8. The molecule has 0 radical (unpaired) electrons. The predicted molar refractivity (Wildman–Crippen MR) is 68.3 cm³/mol. The molecule has 0 aromatic heterocycles. The third kappa shape index (κ3) is 4.87. The summed E-state index contributed by atoms with van der Waals surface area (Å²) < 4.78 is 15.0. The molecule has 0 fully saturated rings. The maximum atomic E-state index is 10.2. The fourth-order valence-electron chi connectivity index (χ4n) is 1.99. The summed E-state index contributed by atoms with van der Waals surface area (Å²) in [4.78, 5) is 0. The van der Waals surface area contributed by atoms with Gasteiger partial charge >= 0.3 is 8.69 Å². The summed E-state index contributed by atoms with van der Waals surface area (Å²) in [5.74, 6) is 0.616. The van der Waals surface area contributed by atoms with E-state index in [1.54, 1.807) is 0 Å². The minimum atomic E-state index is -0.621. The van der Waals surface area contributed by atoms with Crippen LogP contribution >= 0.6 is 8.69 Å². The monoisotopic (exact) mass is 239 g/mol. The lowest BCUT2D eigenvalue weighted by Crippen LogP contribution is -2.00. The average molecular weight is 239 g/mol. The van der Waals surface area contributed by atoms with Crippen LogP contribution in [-0.4, -0.2) is 6.61 Å². The minimum absolute atomic E-state index is 0.606. The van der Waals surface area contributed by atoms with Gasteiger partial charge in [0.15, 0.2) is 0 Å². The largest absolute Gasteiger partial charge is 0.494 e. The second-order valence-corrected chi connectivity index (χ2v) is 4.43. The maximum Gasteiger partial charge on any atom is 0.494 e. The molecule has 3 heteroatoms. The first-order valence-electron chi connectivity index (χ1n) is 5.92. The van der Waals surface area contributed by atoms with E-state index >= 15 is 0 Å². The summed E-state index contributed by atoms with van der Waals surface area (Å²) in [7, 11) is -0.621. The van der Waals surface area contributed by atoms with Crippen molar-refractivity contribution >= 4 is 8.69 Å². The lowest BCUT2D eigenvalue weighted by Gasteiger charge is -2.15. The smallest absolute Gasteiger partial charge is 0.148 e. The van der Waals surface area contributed by atoms with E-state index in [2.05, 4.69) is 31.2 Å². The Balaban J connectivity index is 2.44. The van der Waals surface area contributed by atoms with Crippen molar-refractivity contribution in [3.05, 3.63) is 35.9 Å². The van der Waals surface area contributed by atoms with Crippen LogP contribution in [0.4, 0.5) is 0 Å². The number of hydrogen-bond acceptors (Lipinski definition) is 2. The zero-order valence-corrected chi connectivity index (χ0v) is 10.8. The molecule has 1 aromatic rings. The van der Waals surface area contributed by atoms with Gasteiger partial charge in [-0.05, 0) is 35.3 Å². The van der Waals surface area contributed by atoms with E-state index < -0.39 is 8.69 Å². The highest BCUT2D eigenvalue weighted by molar-refractivity contribution is 7.17. The second-order valence-electron chi connectivity index (χ2n) is 3.97. The zero-order valence-electron chi connectivity index (χ0n) is 9.82. The molecule has 2 atom stereocenters. The van der Waals surface area contributed by atoms with E-state index in [-0.39, 0.29) is 0 Å². The Morgan fingerprint density at radius 2 is 2.00 bits per heavy atom. The van der Waals surface area contributed by atoms with Crippen molar-refractivity contribution in [3.8, 4) is 0 Å². The van der Waals surface area contributed by atoms with Crippen molar-refractivity contribution in [2.45, 2.75) is 38.5 Å². The molecule has 88 valence electrons. The van der Waals surface area contributed by atoms with Gasteiger partial charge in [0, 0.05) is 0 Å². The van der Waals surface area contributed by atoms with Crippen LogP contribution in [0.25, 0.3) is 0 Å². The van der Waals surface area contributed by atoms with Crippen molar-refractivity contribution < 1.29 is 9.09 Å². The van der Waals surface area contributed by atoms with Gasteiger partial charge in [-0.25, -0.2) is 0 Å². The molecule has 0 saturated carbocycles. The summed E-state index contributed by atoms with van der Waals surface area (Å²) in [6, 6.07) is 10.6. The number of hydrogen-bond donors (Lipinski definition) is 0. The summed E-state index contributed by atoms with van der Waals surface area (Å²) in [6.45, 7) is 2.82. The van der Waals surface area contributed by atoms with Crippen molar-refractivity contribution in [2.75, 3.05) is 6.61 Å². The van der Waals surface area contributed by atoms with Crippen molar-refractivity contribution in [2.24, 2.45) is 0 Å². The van der Waals surface area contributed by atoms with Crippen LogP contribution in [0, 0.1) is 0 Å². The van der Waals surface area contributed by atoms with Crippen molar-refractivity contribution in [1.29, 1.82) is 0 Å². The van der Waals surface area contributed by atoms with Gasteiger partial charge < -0.3 is 0 Å². The Kier molecular flexibility index (Phi) is 7.03.